The Balaban J connectivity index is 2.49. The fraction of sp³-hybridized carbons (Fsp3) is 1.00. The molecule has 0 aromatic heterocycles. The molecule has 0 aromatic carbocycles. The minimum absolute atomic E-state index is 0.264. The normalized spacial score (nSPS) is 32.6. The standard InChI is InChI=1S/C13H28N2/c1-3-10-15-13(11-14)8-5-6-12(4-2)7-9-13/h12,15H,3-11,14H2,1-2H3. The average Bonchev–Trinajstić information content (AvgIpc) is 2.49. The third-order valence-corrected chi connectivity index (χ3v) is 4.02. The van der Waals surface area contributed by atoms with Gasteiger partial charge >= 0.3 is 0 Å². The van der Waals surface area contributed by atoms with Gasteiger partial charge < -0.3 is 11.1 Å². The van der Waals surface area contributed by atoms with Crippen LogP contribution in [0.4, 0.5) is 0 Å². The van der Waals surface area contributed by atoms with Crippen molar-refractivity contribution in [3.8, 4) is 0 Å². The van der Waals surface area contributed by atoms with E-state index in [0.717, 1.165) is 19.0 Å². The summed E-state index contributed by atoms with van der Waals surface area (Å²) in [5.41, 5.74) is 6.24. The summed E-state index contributed by atoms with van der Waals surface area (Å²) in [6.07, 6.45) is 9.23. The van der Waals surface area contributed by atoms with E-state index in [1.165, 1.54) is 44.9 Å². The highest BCUT2D eigenvalue weighted by molar-refractivity contribution is 4.91. The molecule has 1 aliphatic carbocycles. The summed E-state index contributed by atoms with van der Waals surface area (Å²) < 4.78 is 0. The molecule has 2 heteroatoms. The topological polar surface area (TPSA) is 38.0 Å². The van der Waals surface area contributed by atoms with Crippen LogP contribution >= 0.6 is 0 Å². The quantitative estimate of drug-likeness (QED) is 0.688. The summed E-state index contributed by atoms with van der Waals surface area (Å²) in [6.45, 7) is 6.47. The highest BCUT2D eigenvalue weighted by atomic mass is 15.0. The minimum Gasteiger partial charge on any atom is -0.329 e. The first-order chi connectivity index (χ1) is 7.26. The molecular weight excluding hydrogens is 184 g/mol. The van der Waals surface area contributed by atoms with Crippen LogP contribution in [0.1, 0.15) is 58.8 Å². The van der Waals surface area contributed by atoms with Crippen LogP contribution in [0.25, 0.3) is 0 Å². The Hall–Kier alpha value is -0.0800. The third-order valence-electron chi connectivity index (χ3n) is 4.02. The maximum atomic E-state index is 5.97. The van der Waals surface area contributed by atoms with Gasteiger partial charge in [0, 0.05) is 12.1 Å². The molecule has 0 bridgehead atoms. The molecule has 1 rings (SSSR count). The van der Waals surface area contributed by atoms with E-state index in [2.05, 4.69) is 19.2 Å². The van der Waals surface area contributed by atoms with Crippen LogP contribution in [-0.2, 0) is 0 Å². The molecule has 1 fully saturated rings. The highest BCUT2D eigenvalue weighted by Crippen LogP contribution is 2.31. The van der Waals surface area contributed by atoms with E-state index in [4.69, 9.17) is 5.73 Å². The van der Waals surface area contributed by atoms with E-state index in [1.54, 1.807) is 0 Å². The Labute approximate surface area is 95.0 Å². The zero-order valence-corrected chi connectivity index (χ0v) is 10.5. The molecule has 0 heterocycles. The van der Waals surface area contributed by atoms with Crippen molar-refractivity contribution in [2.24, 2.45) is 11.7 Å². The fourth-order valence-corrected chi connectivity index (χ4v) is 2.73. The van der Waals surface area contributed by atoms with Crippen LogP contribution in [0, 0.1) is 5.92 Å². The molecule has 0 spiro atoms. The van der Waals surface area contributed by atoms with Crippen molar-refractivity contribution in [1.82, 2.24) is 5.32 Å². The van der Waals surface area contributed by atoms with Crippen molar-refractivity contribution in [1.29, 1.82) is 0 Å². The van der Waals surface area contributed by atoms with E-state index in [-0.39, 0.29) is 5.54 Å². The van der Waals surface area contributed by atoms with Crippen molar-refractivity contribution in [2.45, 2.75) is 64.3 Å². The van der Waals surface area contributed by atoms with Gasteiger partial charge in [-0.15, -0.1) is 0 Å². The molecular formula is C13H28N2. The molecule has 2 nitrogen and oxygen atoms in total. The first kappa shape index (κ1) is 13.0. The SMILES string of the molecule is CCCNC1(CN)CCCC(CC)CC1. The lowest BCUT2D eigenvalue weighted by Gasteiger charge is -2.33. The summed E-state index contributed by atoms with van der Waals surface area (Å²) >= 11 is 0. The van der Waals surface area contributed by atoms with E-state index in [9.17, 15) is 0 Å². The third kappa shape index (κ3) is 3.76. The van der Waals surface area contributed by atoms with Gasteiger partial charge in [-0.05, 0) is 38.1 Å². The first-order valence-corrected chi connectivity index (χ1v) is 6.71. The Morgan fingerprint density at radius 1 is 1.27 bits per heavy atom. The Morgan fingerprint density at radius 2 is 2.07 bits per heavy atom. The monoisotopic (exact) mass is 212 g/mol. The van der Waals surface area contributed by atoms with Gasteiger partial charge in [0.2, 0.25) is 0 Å². The number of rotatable bonds is 5. The van der Waals surface area contributed by atoms with Gasteiger partial charge in [0.25, 0.3) is 0 Å². The van der Waals surface area contributed by atoms with Gasteiger partial charge in [0.05, 0.1) is 0 Å². The number of hydrogen-bond acceptors (Lipinski definition) is 2. The Bertz CT molecular complexity index is 170. The molecule has 90 valence electrons. The predicted molar refractivity (Wildman–Crippen MR) is 66.9 cm³/mol. The van der Waals surface area contributed by atoms with Crippen LogP contribution in [0.3, 0.4) is 0 Å². The zero-order chi connectivity index (χ0) is 11.1. The largest absolute Gasteiger partial charge is 0.329 e. The van der Waals surface area contributed by atoms with Gasteiger partial charge in [-0.25, -0.2) is 0 Å². The van der Waals surface area contributed by atoms with Crippen molar-refractivity contribution >= 4 is 0 Å². The zero-order valence-electron chi connectivity index (χ0n) is 10.5. The summed E-state index contributed by atoms with van der Waals surface area (Å²) in [5.74, 6) is 0.946. The maximum Gasteiger partial charge on any atom is 0.0304 e. The Morgan fingerprint density at radius 3 is 2.67 bits per heavy atom. The smallest absolute Gasteiger partial charge is 0.0304 e. The van der Waals surface area contributed by atoms with Crippen LogP contribution in [0.15, 0.2) is 0 Å². The highest BCUT2D eigenvalue weighted by Gasteiger charge is 2.30. The van der Waals surface area contributed by atoms with Gasteiger partial charge in [-0.2, -0.15) is 0 Å². The lowest BCUT2D eigenvalue weighted by Crippen LogP contribution is -2.51. The van der Waals surface area contributed by atoms with Crippen molar-refractivity contribution in [2.75, 3.05) is 13.1 Å². The number of nitrogens with one attached hydrogen (secondary N) is 1. The molecule has 2 unspecified atom stereocenters. The molecule has 2 atom stereocenters. The number of nitrogens with two attached hydrogens (primary N) is 1. The molecule has 15 heavy (non-hydrogen) atoms. The number of hydrogen-bond donors (Lipinski definition) is 2. The second-order valence-electron chi connectivity index (χ2n) is 5.12. The molecule has 3 N–H and O–H groups in total. The Kier molecular flexibility index (Phi) is 5.62. The van der Waals surface area contributed by atoms with E-state index < -0.39 is 0 Å². The molecule has 0 aromatic rings. The summed E-state index contributed by atoms with van der Waals surface area (Å²) in [6, 6.07) is 0. The molecule has 1 saturated carbocycles. The molecule has 1 aliphatic rings. The molecule has 0 amide bonds. The van der Waals surface area contributed by atoms with Crippen LogP contribution in [-0.4, -0.2) is 18.6 Å². The van der Waals surface area contributed by atoms with Crippen molar-refractivity contribution in [3.05, 3.63) is 0 Å². The minimum atomic E-state index is 0.264. The van der Waals surface area contributed by atoms with E-state index in [0.29, 0.717) is 0 Å². The van der Waals surface area contributed by atoms with Gasteiger partial charge in [0.1, 0.15) is 0 Å². The lowest BCUT2D eigenvalue weighted by molar-refractivity contribution is 0.288. The van der Waals surface area contributed by atoms with Gasteiger partial charge in [0.15, 0.2) is 0 Å². The predicted octanol–water partition coefficient (Wildman–Crippen LogP) is 2.67. The molecule has 0 radical (unpaired) electrons. The second-order valence-corrected chi connectivity index (χ2v) is 5.12. The van der Waals surface area contributed by atoms with Gasteiger partial charge in [-0.3, -0.25) is 0 Å². The molecule has 0 aliphatic heterocycles. The molecule has 0 saturated heterocycles. The summed E-state index contributed by atoms with van der Waals surface area (Å²) in [4.78, 5) is 0. The van der Waals surface area contributed by atoms with Crippen molar-refractivity contribution in [3.63, 3.8) is 0 Å². The average molecular weight is 212 g/mol. The van der Waals surface area contributed by atoms with Gasteiger partial charge in [-0.1, -0.05) is 33.1 Å². The van der Waals surface area contributed by atoms with E-state index in [1.807, 2.05) is 0 Å². The van der Waals surface area contributed by atoms with Crippen LogP contribution in [0.2, 0.25) is 0 Å². The lowest BCUT2D eigenvalue weighted by atomic mass is 9.89. The summed E-state index contributed by atoms with van der Waals surface area (Å²) in [7, 11) is 0. The van der Waals surface area contributed by atoms with E-state index >= 15 is 0 Å². The maximum absolute atomic E-state index is 5.97. The fourth-order valence-electron chi connectivity index (χ4n) is 2.73. The van der Waals surface area contributed by atoms with Crippen LogP contribution < -0.4 is 11.1 Å². The second kappa shape index (κ2) is 6.49. The first-order valence-electron chi connectivity index (χ1n) is 6.71. The van der Waals surface area contributed by atoms with Crippen molar-refractivity contribution < 1.29 is 0 Å². The summed E-state index contributed by atoms with van der Waals surface area (Å²) in [5, 5.41) is 3.69. The van der Waals surface area contributed by atoms with Crippen LogP contribution in [0.5, 0.6) is 0 Å².